The molecule has 39 heavy (non-hydrogen) atoms. The number of para-hydroxylation sites is 1. The third-order valence-corrected chi connectivity index (χ3v) is 6.73. The summed E-state index contributed by atoms with van der Waals surface area (Å²) in [7, 11) is 1.59. The van der Waals surface area contributed by atoms with Crippen molar-refractivity contribution in [3.05, 3.63) is 65.5 Å². The molecule has 0 aliphatic carbocycles. The smallest absolute Gasteiger partial charge is 0.318 e. The first-order valence-electron chi connectivity index (χ1n) is 13.3. The van der Waals surface area contributed by atoms with Gasteiger partial charge in [0.1, 0.15) is 18.1 Å². The number of hydrogen-bond donors (Lipinski definition) is 1. The highest BCUT2D eigenvalue weighted by Crippen LogP contribution is 2.37. The summed E-state index contributed by atoms with van der Waals surface area (Å²) in [5.41, 5.74) is 1.76. The fourth-order valence-corrected chi connectivity index (χ4v) is 4.72. The van der Waals surface area contributed by atoms with Crippen molar-refractivity contribution in [3.8, 4) is 5.75 Å². The summed E-state index contributed by atoms with van der Waals surface area (Å²) in [6.45, 7) is 9.48. The number of rotatable bonds is 8. The van der Waals surface area contributed by atoms with E-state index in [0.717, 1.165) is 24.2 Å². The molecule has 1 atom stereocenters. The lowest BCUT2D eigenvalue weighted by Gasteiger charge is -2.33. The molecular formula is C29H38FN5O4. The zero-order chi connectivity index (χ0) is 28.0. The summed E-state index contributed by atoms with van der Waals surface area (Å²) in [6, 6.07) is 12.9. The Morgan fingerprint density at radius 2 is 1.82 bits per heavy atom. The van der Waals surface area contributed by atoms with Crippen LogP contribution in [0, 0.1) is 5.82 Å². The number of urea groups is 1. The van der Waals surface area contributed by atoms with E-state index in [0.29, 0.717) is 44.2 Å². The molecule has 1 saturated heterocycles. The number of ether oxygens (including phenoxy) is 2. The lowest BCUT2D eigenvalue weighted by Crippen LogP contribution is -2.53. The van der Waals surface area contributed by atoms with Gasteiger partial charge in [-0.15, -0.1) is 0 Å². The minimum absolute atomic E-state index is 0.141. The Kier molecular flexibility index (Phi) is 9.19. The number of nitrogens with one attached hydrogen (secondary N) is 1. The quantitative estimate of drug-likeness (QED) is 0.554. The molecule has 210 valence electrons. The molecular weight excluding hydrogens is 501 g/mol. The van der Waals surface area contributed by atoms with Crippen molar-refractivity contribution in [3.63, 3.8) is 0 Å². The van der Waals surface area contributed by atoms with Gasteiger partial charge in [0, 0.05) is 43.7 Å². The third-order valence-electron chi connectivity index (χ3n) is 6.73. The van der Waals surface area contributed by atoms with Crippen molar-refractivity contribution >= 4 is 17.6 Å². The molecule has 0 radical (unpaired) electrons. The number of nitrogens with zero attached hydrogens (tertiary/aromatic N) is 4. The number of amides is 3. The maximum Gasteiger partial charge on any atom is 0.318 e. The standard InChI is InChI=1S/C29H38FN5O4/c1-29(2,3)31-28(37)34(14-13-33-15-17-39-18-16-33)20-27(36)35-25(23-7-5-6-8-26(23)38-4)19-24(32-35)21-9-11-22(30)12-10-21/h5-12,25H,13-20H2,1-4H3,(H,31,37)/t25-/m1/s1. The Bertz CT molecular complexity index is 1170. The highest BCUT2D eigenvalue weighted by atomic mass is 19.1. The maximum absolute atomic E-state index is 13.9. The Labute approximate surface area is 229 Å². The van der Waals surface area contributed by atoms with Gasteiger partial charge in [0.15, 0.2) is 0 Å². The van der Waals surface area contributed by atoms with Gasteiger partial charge >= 0.3 is 6.03 Å². The van der Waals surface area contributed by atoms with Crippen LogP contribution >= 0.6 is 0 Å². The minimum Gasteiger partial charge on any atom is -0.496 e. The molecule has 10 heteroatoms. The Hall–Kier alpha value is -3.50. The van der Waals surface area contributed by atoms with Crippen LogP contribution in [0.1, 0.15) is 44.4 Å². The van der Waals surface area contributed by atoms with Gasteiger partial charge in [-0.1, -0.05) is 30.3 Å². The van der Waals surface area contributed by atoms with Crippen LogP contribution in [-0.4, -0.2) is 91.0 Å². The van der Waals surface area contributed by atoms with E-state index in [9.17, 15) is 14.0 Å². The predicted molar refractivity (Wildman–Crippen MR) is 147 cm³/mol. The van der Waals surface area contributed by atoms with E-state index in [1.807, 2.05) is 45.0 Å². The van der Waals surface area contributed by atoms with Gasteiger partial charge in [0.2, 0.25) is 0 Å². The van der Waals surface area contributed by atoms with Crippen molar-refractivity contribution in [2.75, 3.05) is 53.0 Å². The summed E-state index contributed by atoms with van der Waals surface area (Å²) in [5.74, 6) is -0.00751. The number of halogens is 1. The molecule has 0 aromatic heterocycles. The fourth-order valence-electron chi connectivity index (χ4n) is 4.72. The van der Waals surface area contributed by atoms with E-state index >= 15 is 0 Å². The summed E-state index contributed by atoms with van der Waals surface area (Å²) >= 11 is 0. The van der Waals surface area contributed by atoms with Gasteiger partial charge in [-0.25, -0.2) is 14.2 Å². The third kappa shape index (κ3) is 7.54. The molecule has 2 heterocycles. The molecule has 2 aromatic rings. The van der Waals surface area contributed by atoms with Crippen LogP contribution in [0.4, 0.5) is 9.18 Å². The number of morpholine rings is 1. The Morgan fingerprint density at radius 1 is 1.13 bits per heavy atom. The first kappa shape index (κ1) is 28.5. The number of carbonyl (C=O) groups excluding carboxylic acids is 2. The van der Waals surface area contributed by atoms with Crippen LogP contribution in [0.2, 0.25) is 0 Å². The summed E-state index contributed by atoms with van der Waals surface area (Å²) in [6.07, 6.45) is 0.430. The molecule has 0 unspecified atom stereocenters. The monoisotopic (exact) mass is 539 g/mol. The molecule has 9 nitrogen and oxygen atoms in total. The largest absolute Gasteiger partial charge is 0.496 e. The van der Waals surface area contributed by atoms with Crippen molar-refractivity contribution in [1.29, 1.82) is 0 Å². The second-order valence-electron chi connectivity index (χ2n) is 10.8. The van der Waals surface area contributed by atoms with Crippen LogP contribution in [-0.2, 0) is 9.53 Å². The molecule has 0 saturated carbocycles. The molecule has 4 rings (SSSR count). The zero-order valence-corrected chi connectivity index (χ0v) is 23.2. The topological polar surface area (TPSA) is 86.7 Å². The molecule has 1 N–H and O–H groups in total. The molecule has 0 spiro atoms. The van der Waals surface area contributed by atoms with Gasteiger partial charge in [-0.05, 0) is 44.5 Å². The second-order valence-corrected chi connectivity index (χ2v) is 10.8. The molecule has 0 bridgehead atoms. The number of hydrazone groups is 1. The van der Waals surface area contributed by atoms with Gasteiger partial charge in [0.25, 0.3) is 5.91 Å². The average molecular weight is 540 g/mol. The van der Waals surface area contributed by atoms with Crippen LogP contribution in [0.15, 0.2) is 53.6 Å². The first-order valence-corrected chi connectivity index (χ1v) is 13.3. The van der Waals surface area contributed by atoms with E-state index < -0.39 is 11.6 Å². The van der Waals surface area contributed by atoms with Crippen LogP contribution < -0.4 is 10.1 Å². The number of hydrogen-bond acceptors (Lipinski definition) is 6. The first-order chi connectivity index (χ1) is 18.6. The second kappa shape index (κ2) is 12.6. The fraction of sp³-hybridized carbons (Fsp3) is 0.483. The van der Waals surface area contributed by atoms with E-state index in [1.54, 1.807) is 24.1 Å². The summed E-state index contributed by atoms with van der Waals surface area (Å²) in [5, 5.41) is 9.13. The van der Waals surface area contributed by atoms with Gasteiger partial charge in [-0.3, -0.25) is 9.69 Å². The summed E-state index contributed by atoms with van der Waals surface area (Å²) in [4.78, 5) is 30.9. The van der Waals surface area contributed by atoms with Gasteiger partial charge in [0.05, 0.1) is 32.1 Å². The van der Waals surface area contributed by atoms with E-state index in [1.165, 1.54) is 17.1 Å². The van der Waals surface area contributed by atoms with Crippen molar-refractivity contribution in [2.45, 2.75) is 38.8 Å². The lowest BCUT2D eigenvalue weighted by atomic mass is 9.97. The van der Waals surface area contributed by atoms with Crippen molar-refractivity contribution in [2.24, 2.45) is 5.10 Å². The number of carbonyl (C=O) groups is 2. The van der Waals surface area contributed by atoms with Crippen LogP contribution in [0.3, 0.4) is 0 Å². The van der Waals surface area contributed by atoms with Crippen LogP contribution in [0.5, 0.6) is 5.75 Å². The predicted octanol–water partition coefficient (Wildman–Crippen LogP) is 3.65. The highest BCUT2D eigenvalue weighted by molar-refractivity contribution is 6.03. The normalized spacial score (nSPS) is 18.0. The average Bonchev–Trinajstić information content (AvgIpc) is 3.36. The maximum atomic E-state index is 13.9. The van der Waals surface area contributed by atoms with E-state index in [4.69, 9.17) is 14.6 Å². The van der Waals surface area contributed by atoms with Gasteiger partial charge in [-0.2, -0.15) is 5.10 Å². The molecule has 3 amide bonds. The molecule has 2 aromatic carbocycles. The van der Waals surface area contributed by atoms with Crippen molar-refractivity contribution < 1.29 is 23.5 Å². The van der Waals surface area contributed by atoms with E-state index in [-0.39, 0.29) is 24.3 Å². The molecule has 1 fully saturated rings. The molecule has 2 aliphatic heterocycles. The SMILES string of the molecule is COc1ccccc1[C@H]1CC(c2ccc(F)cc2)=NN1C(=O)CN(CCN1CCOCC1)C(=O)NC(C)(C)C. The Balaban J connectivity index is 1.59. The van der Waals surface area contributed by atoms with Gasteiger partial charge < -0.3 is 19.7 Å². The lowest BCUT2D eigenvalue weighted by molar-refractivity contribution is -0.133. The molecule has 2 aliphatic rings. The Morgan fingerprint density at radius 3 is 2.49 bits per heavy atom. The minimum atomic E-state index is -0.459. The number of methoxy groups -OCH3 is 1. The van der Waals surface area contributed by atoms with Crippen molar-refractivity contribution in [1.82, 2.24) is 20.1 Å². The van der Waals surface area contributed by atoms with Crippen LogP contribution in [0.25, 0.3) is 0 Å². The zero-order valence-electron chi connectivity index (χ0n) is 23.2. The summed E-state index contributed by atoms with van der Waals surface area (Å²) < 4.78 is 24.6. The highest BCUT2D eigenvalue weighted by Gasteiger charge is 2.36. The van der Waals surface area contributed by atoms with E-state index in [2.05, 4.69) is 10.2 Å². The number of benzene rings is 2.